The molecule has 0 atom stereocenters. The molecule has 1 saturated heterocycles. The van der Waals surface area contributed by atoms with Crippen LogP contribution in [0.3, 0.4) is 0 Å². The number of benzene rings is 1. The Balaban J connectivity index is 2.23. The summed E-state index contributed by atoms with van der Waals surface area (Å²) >= 11 is 0. The number of rotatable bonds is 6. The lowest BCUT2D eigenvalue weighted by Crippen LogP contribution is -2.47. The predicted octanol–water partition coefficient (Wildman–Crippen LogP) is 0.698. The van der Waals surface area contributed by atoms with Crippen molar-refractivity contribution in [2.75, 3.05) is 46.3 Å². The van der Waals surface area contributed by atoms with Gasteiger partial charge in [-0.25, -0.2) is 13.4 Å². The molecule has 0 aliphatic carbocycles. The molecule has 0 aromatic heterocycles. The second-order valence-corrected chi connectivity index (χ2v) is 7.95. The van der Waals surface area contributed by atoms with Gasteiger partial charge in [0.1, 0.15) is 0 Å². The van der Waals surface area contributed by atoms with Gasteiger partial charge in [-0.15, -0.1) is 0 Å². The molecule has 1 aliphatic rings. The van der Waals surface area contributed by atoms with Crippen LogP contribution < -0.4 is 10.6 Å². The molecular weight excluding hydrogens is 338 g/mol. The van der Waals surface area contributed by atoms with Gasteiger partial charge in [0, 0.05) is 39.3 Å². The van der Waals surface area contributed by atoms with E-state index in [2.05, 4.69) is 20.5 Å². The van der Waals surface area contributed by atoms with Crippen LogP contribution in [-0.4, -0.2) is 69.9 Å². The first kappa shape index (κ1) is 19.7. The summed E-state index contributed by atoms with van der Waals surface area (Å²) in [5.41, 5.74) is 0.717. The van der Waals surface area contributed by atoms with E-state index < -0.39 is 10.0 Å². The number of hydrogen-bond donors (Lipinski definition) is 2. The molecule has 1 aliphatic heterocycles. The van der Waals surface area contributed by atoms with Crippen molar-refractivity contribution < 1.29 is 8.42 Å². The Morgan fingerprint density at radius 3 is 2.28 bits per heavy atom. The normalized spacial score (nSPS) is 16.4. The van der Waals surface area contributed by atoms with Crippen molar-refractivity contribution in [2.24, 2.45) is 4.99 Å². The maximum atomic E-state index is 13.0. The molecule has 2 rings (SSSR count). The average Bonchev–Trinajstić information content (AvgIpc) is 2.61. The number of nitrogens with zero attached hydrogens (tertiary/aromatic N) is 3. The van der Waals surface area contributed by atoms with Crippen LogP contribution in [0, 0.1) is 0 Å². The maximum Gasteiger partial charge on any atom is 0.243 e. The molecule has 0 saturated carbocycles. The quantitative estimate of drug-likeness (QED) is 0.572. The Kier molecular flexibility index (Phi) is 7.22. The number of aliphatic imine (C=N–C) groups is 1. The third-order valence-corrected chi connectivity index (χ3v) is 6.15. The Morgan fingerprint density at radius 2 is 1.68 bits per heavy atom. The van der Waals surface area contributed by atoms with Crippen molar-refractivity contribution in [3.8, 4) is 0 Å². The summed E-state index contributed by atoms with van der Waals surface area (Å²) < 4.78 is 27.7. The molecule has 8 heteroatoms. The Hall–Kier alpha value is -1.64. The number of piperazine rings is 1. The molecule has 0 bridgehead atoms. The first-order chi connectivity index (χ1) is 12.0. The predicted molar refractivity (Wildman–Crippen MR) is 101 cm³/mol. The molecule has 0 spiro atoms. The smallest absolute Gasteiger partial charge is 0.243 e. The van der Waals surface area contributed by atoms with E-state index in [-0.39, 0.29) is 0 Å². The number of hydrogen-bond acceptors (Lipinski definition) is 4. The van der Waals surface area contributed by atoms with E-state index >= 15 is 0 Å². The molecule has 7 nitrogen and oxygen atoms in total. The minimum absolute atomic E-state index is 0.318. The van der Waals surface area contributed by atoms with Gasteiger partial charge in [-0.05, 0) is 32.5 Å². The van der Waals surface area contributed by atoms with Crippen LogP contribution in [-0.2, 0) is 16.6 Å². The molecule has 1 fully saturated rings. The third kappa shape index (κ3) is 5.17. The molecule has 1 heterocycles. The highest BCUT2D eigenvalue weighted by atomic mass is 32.2. The topological polar surface area (TPSA) is 77.0 Å². The van der Waals surface area contributed by atoms with Crippen LogP contribution in [0.15, 0.2) is 34.2 Å². The van der Waals surface area contributed by atoms with Crippen LogP contribution in [0.25, 0.3) is 0 Å². The lowest BCUT2D eigenvalue weighted by molar-refractivity contribution is 0.222. The Bertz CT molecular complexity index is 674. The third-order valence-electron chi connectivity index (χ3n) is 4.15. The molecular formula is C17H29N5O2S. The van der Waals surface area contributed by atoms with Gasteiger partial charge < -0.3 is 15.5 Å². The zero-order chi connectivity index (χ0) is 18.3. The van der Waals surface area contributed by atoms with Crippen LogP contribution >= 0.6 is 0 Å². The first-order valence-corrected chi connectivity index (χ1v) is 10.2. The largest absolute Gasteiger partial charge is 0.357 e. The summed E-state index contributed by atoms with van der Waals surface area (Å²) in [6.45, 7) is 8.39. The molecule has 140 valence electrons. The molecule has 0 unspecified atom stereocenters. The maximum absolute atomic E-state index is 13.0. The highest BCUT2D eigenvalue weighted by Crippen LogP contribution is 2.22. The van der Waals surface area contributed by atoms with Gasteiger partial charge in [-0.3, -0.25) is 0 Å². The molecule has 1 aromatic carbocycles. The van der Waals surface area contributed by atoms with Gasteiger partial charge in [0.25, 0.3) is 0 Å². The van der Waals surface area contributed by atoms with Gasteiger partial charge in [-0.2, -0.15) is 4.31 Å². The minimum atomic E-state index is -3.49. The summed E-state index contributed by atoms with van der Waals surface area (Å²) in [4.78, 5) is 7.01. The zero-order valence-electron chi connectivity index (χ0n) is 15.3. The van der Waals surface area contributed by atoms with E-state index in [1.165, 1.54) is 0 Å². The van der Waals surface area contributed by atoms with Gasteiger partial charge in [0.15, 0.2) is 5.96 Å². The van der Waals surface area contributed by atoms with Crippen LogP contribution in [0.2, 0.25) is 0 Å². The Labute approximate surface area is 151 Å². The van der Waals surface area contributed by atoms with E-state index in [0.29, 0.717) is 30.5 Å². The first-order valence-electron chi connectivity index (χ1n) is 8.77. The summed E-state index contributed by atoms with van der Waals surface area (Å²) in [6.07, 6.45) is 0. The van der Waals surface area contributed by atoms with Crippen molar-refractivity contribution in [3.05, 3.63) is 29.8 Å². The summed E-state index contributed by atoms with van der Waals surface area (Å²) in [5, 5.41) is 6.31. The molecule has 0 amide bonds. The number of likely N-dealkylation sites (N-methyl/N-ethyl adjacent to an activating group) is 1. The minimum Gasteiger partial charge on any atom is -0.357 e. The fourth-order valence-corrected chi connectivity index (χ4v) is 4.36. The van der Waals surface area contributed by atoms with Crippen LogP contribution in [0.5, 0.6) is 0 Å². The number of sulfonamides is 1. The van der Waals surface area contributed by atoms with E-state index in [9.17, 15) is 8.42 Å². The van der Waals surface area contributed by atoms with Gasteiger partial charge >= 0.3 is 0 Å². The standard InChI is InChI=1S/C17H29N5O2S/c1-4-18-17(19-5-2)20-14-15-8-6-7-9-16(15)25(23,24)22-12-10-21(3)11-13-22/h6-9H,4-5,10-14H2,1-3H3,(H2,18,19,20). The number of guanidine groups is 1. The average molecular weight is 368 g/mol. The van der Waals surface area contributed by atoms with E-state index in [1.54, 1.807) is 16.4 Å². The van der Waals surface area contributed by atoms with Crippen molar-refractivity contribution in [1.82, 2.24) is 19.8 Å². The van der Waals surface area contributed by atoms with Crippen LogP contribution in [0.4, 0.5) is 0 Å². The number of nitrogens with one attached hydrogen (secondary N) is 2. The molecule has 1 aromatic rings. The monoisotopic (exact) mass is 367 g/mol. The van der Waals surface area contributed by atoms with Crippen molar-refractivity contribution in [3.63, 3.8) is 0 Å². The van der Waals surface area contributed by atoms with Gasteiger partial charge in [0.05, 0.1) is 11.4 Å². The highest BCUT2D eigenvalue weighted by molar-refractivity contribution is 7.89. The summed E-state index contributed by atoms with van der Waals surface area (Å²) in [5.74, 6) is 0.691. The molecule has 0 radical (unpaired) electrons. The zero-order valence-corrected chi connectivity index (χ0v) is 16.1. The SMILES string of the molecule is CCNC(=NCc1ccccc1S(=O)(=O)N1CCN(C)CC1)NCC. The lowest BCUT2D eigenvalue weighted by atomic mass is 10.2. The Morgan fingerprint density at radius 1 is 1.08 bits per heavy atom. The fourth-order valence-electron chi connectivity index (χ4n) is 2.73. The van der Waals surface area contributed by atoms with E-state index in [0.717, 1.165) is 31.7 Å². The van der Waals surface area contributed by atoms with Crippen molar-refractivity contribution >= 4 is 16.0 Å². The second kappa shape index (κ2) is 9.17. The van der Waals surface area contributed by atoms with Gasteiger partial charge in [0.2, 0.25) is 10.0 Å². The van der Waals surface area contributed by atoms with Crippen molar-refractivity contribution in [2.45, 2.75) is 25.3 Å². The highest BCUT2D eigenvalue weighted by Gasteiger charge is 2.29. The van der Waals surface area contributed by atoms with Crippen molar-refractivity contribution in [1.29, 1.82) is 0 Å². The fraction of sp³-hybridized carbons (Fsp3) is 0.588. The van der Waals surface area contributed by atoms with E-state index in [1.807, 2.05) is 33.0 Å². The van der Waals surface area contributed by atoms with Gasteiger partial charge in [-0.1, -0.05) is 18.2 Å². The second-order valence-electron chi connectivity index (χ2n) is 6.04. The lowest BCUT2D eigenvalue weighted by Gasteiger charge is -2.32. The van der Waals surface area contributed by atoms with E-state index in [4.69, 9.17) is 0 Å². The molecule has 2 N–H and O–H groups in total. The summed E-state index contributed by atoms with van der Waals surface area (Å²) in [6, 6.07) is 7.14. The van der Waals surface area contributed by atoms with Crippen LogP contribution in [0.1, 0.15) is 19.4 Å². The molecule has 25 heavy (non-hydrogen) atoms. The summed E-state index contributed by atoms with van der Waals surface area (Å²) in [7, 11) is -1.48.